The van der Waals surface area contributed by atoms with Gasteiger partial charge < -0.3 is 0 Å². The zero-order valence-electron chi connectivity index (χ0n) is 10.3. The first-order valence-electron chi connectivity index (χ1n) is 5.07. The Bertz CT molecular complexity index is 612. The van der Waals surface area contributed by atoms with E-state index in [4.69, 9.17) is 17.5 Å². The second kappa shape index (κ2) is 7.33. The van der Waals surface area contributed by atoms with Crippen LogP contribution in [0.3, 0.4) is 0 Å². The van der Waals surface area contributed by atoms with E-state index in [1.54, 1.807) is 15.0 Å². The van der Waals surface area contributed by atoms with Crippen LogP contribution >= 0.6 is 0 Å². The summed E-state index contributed by atoms with van der Waals surface area (Å²) in [5, 5.41) is 0. The van der Waals surface area contributed by atoms with Crippen LogP contribution in [-0.2, 0) is 0 Å². The fraction of sp³-hybridized carbons (Fsp3) is 0. The summed E-state index contributed by atoms with van der Waals surface area (Å²) in [7, 11) is 0. The minimum atomic E-state index is -0.802. The van der Waals surface area contributed by atoms with Gasteiger partial charge in [-0.1, -0.05) is 0 Å². The number of nitrogens with two attached hydrogens (primary N) is 3. The molecule has 0 aliphatic heterocycles. The largest absolute Gasteiger partial charge is 0.330 e. The molecule has 2 aromatic heterocycles. The third-order valence-electron chi connectivity index (χ3n) is 1.70. The molecule has 0 aromatic carbocycles. The molecule has 0 radical (unpaired) electrons. The van der Waals surface area contributed by atoms with Gasteiger partial charge in [0.15, 0.2) is 0 Å². The normalized spacial score (nSPS) is 9.29. The molecule has 2 heterocycles. The lowest BCUT2D eigenvalue weighted by Gasteiger charge is -2.03. The Labute approximate surface area is 114 Å². The standard InChI is InChI=1S/C3H9N9.C3H3N3O3/c4-10-1-7-2(11-5)9-3(8-1)12-6;7-1-4-2(8)6-3(9)5-1/h4-6H2,(H3,7,8,9,10,11,12);(H3,4,5,6,7,8,9). The van der Waals surface area contributed by atoms with Crippen molar-refractivity contribution in [3.63, 3.8) is 0 Å². The quantitative estimate of drug-likeness (QED) is 0.192. The number of aromatic nitrogens is 6. The number of aromatic amines is 3. The van der Waals surface area contributed by atoms with Crippen molar-refractivity contribution in [2.45, 2.75) is 0 Å². The molecular formula is C6H12N12O3. The van der Waals surface area contributed by atoms with Crippen molar-refractivity contribution in [1.82, 2.24) is 29.9 Å². The minimum Gasteiger partial charge on any atom is -0.292 e. The summed E-state index contributed by atoms with van der Waals surface area (Å²) in [5.74, 6) is 15.6. The Morgan fingerprint density at radius 1 is 0.619 bits per heavy atom. The van der Waals surface area contributed by atoms with Crippen molar-refractivity contribution in [2.24, 2.45) is 17.5 Å². The molecule has 12 N–H and O–H groups in total. The topological polar surface area (TPSA) is 251 Å². The summed E-state index contributed by atoms with van der Waals surface area (Å²) in [6, 6.07) is 0. The van der Waals surface area contributed by atoms with Gasteiger partial charge in [-0.15, -0.1) is 0 Å². The molecule has 114 valence electrons. The van der Waals surface area contributed by atoms with Gasteiger partial charge in [0, 0.05) is 0 Å². The average Bonchev–Trinajstić information content (AvgIpc) is 2.45. The number of nitrogens with one attached hydrogen (secondary N) is 6. The van der Waals surface area contributed by atoms with E-state index in [-0.39, 0.29) is 17.8 Å². The number of anilines is 3. The molecule has 0 atom stereocenters. The first kappa shape index (κ1) is 15.8. The zero-order valence-corrected chi connectivity index (χ0v) is 10.3. The highest BCUT2D eigenvalue weighted by Crippen LogP contribution is 2.04. The van der Waals surface area contributed by atoms with Gasteiger partial charge in [-0.3, -0.25) is 31.2 Å². The molecule has 0 saturated heterocycles. The molecule has 15 nitrogen and oxygen atoms in total. The number of rotatable bonds is 3. The second-order valence-electron chi connectivity index (χ2n) is 3.10. The van der Waals surface area contributed by atoms with Crippen LogP contribution in [0, 0.1) is 0 Å². The minimum absolute atomic E-state index is 0.158. The van der Waals surface area contributed by atoms with Crippen LogP contribution in [-0.4, -0.2) is 29.9 Å². The van der Waals surface area contributed by atoms with Gasteiger partial charge in [0.05, 0.1) is 0 Å². The van der Waals surface area contributed by atoms with Gasteiger partial charge in [-0.25, -0.2) is 31.9 Å². The van der Waals surface area contributed by atoms with Gasteiger partial charge in [0.2, 0.25) is 17.8 Å². The molecule has 2 aromatic rings. The molecule has 0 unspecified atom stereocenters. The van der Waals surface area contributed by atoms with E-state index in [0.717, 1.165) is 0 Å². The SMILES string of the molecule is NNc1nc(NN)nc(NN)n1.O=c1[nH]c(=O)[nH]c(=O)[nH]1. The Morgan fingerprint density at radius 3 is 1.05 bits per heavy atom. The van der Waals surface area contributed by atoms with Gasteiger partial charge in [-0.05, 0) is 0 Å². The summed E-state index contributed by atoms with van der Waals surface area (Å²) >= 11 is 0. The van der Waals surface area contributed by atoms with Crippen molar-refractivity contribution in [3.8, 4) is 0 Å². The average molecular weight is 300 g/mol. The van der Waals surface area contributed by atoms with E-state index in [0.29, 0.717) is 0 Å². The first-order chi connectivity index (χ1) is 9.98. The second-order valence-corrected chi connectivity index (χ2v) is 3.10. The van der Waals surface area contributed by atoms with Crippen molar-refractivity contribution in [3.05, 3.63) is 31.5 Å². The molecule has 15 heteroatoms. The highest BCUT2D eigenvalue weighted by Gasteiger charge is 2.01. The van der Waals surface area contributed by atoms with Crippen LogP contribution in [0.1, 0.15) is 0 Å². The maximum absolute atomic E-state index is 10.2. The molecule has 0 fully saturated rings. The third kappa shape index (κ3) is 5.06. The molecule has 0 aliphatic carbocycles. The van der Waals surface area contributed by atoms with Crippen LogP contribution < -0.4 is 50.9 Å². The smallest absolute Gasteiger partial charge is 0.292 e. The van der Waals surface area contributed by atoms with Crippen molar-refractivity contribution in [2.75, 3.05) is 16.3 Å². The zero-order chi connectivity index (χ0) is 15.8. The maximum Gasteiger partial charge on any atom is 0.330 e. The van der Waals surface area contributed by atoms with Crippen LogP contribution in [0.2, 0.25) is 0 Å². The van der Waals surface area contributed by atoms with Crippen molar-refractivity contribution < 1.29 is 0 Å². The fourth-order valence-electron chi connectivity index (χ4n) is 0.973. The van der Waals surface area contributed by atoms with Gasteiger partial charge >= 0.3 is 17.1 Å². The van der Waals surface area contributed by atoms with Crippen LogP contribution in [0.25, 0.3) is 0 Å². The van der Waals surface area contributed by atoms with Crippen LogP contribution in [0.5, 0.6) is 0 Å². The number of hydrogen-bond donors (Lipinski definition) is 9. The third-order valence-corrected chi connectivity index (χ3v) is 1.70. The highest BCUT2D eigenvalue weighted by atomic mass is 16.2. The van der Waals surface area contributed by atoms with Gasteiger partial charge in [-0.2, -0.15) is 15.0 Å². The lowest BCUT2D eigenvalue weighted by molar-refractivity contribution is 0.888. The number of hydrazine groups is 3. The van der Waals surface area contributed by atoms with E-state index < -0.39 is 17.1 Å². The molecule has 2 rings (SSSR count). The van der Waals surface area contributed by atoms with Crippen molar-refractivity contribution >= 4 is 17.8 Å². The molecule has 0 spiro atoms. The van der Waals surface area contributed by atoms with Gasteiger partial charge in [0.1, 0.15) is 0 Å². The monoisotopic (exact) mass is 300 g/mol. The fourth-order valence-corrected chi connectivity index (χ4v) is 0.973. The van der Waals surface area contributed by atoms with E-state index >= 15 is 0 Å². The summed E-state index contributed by atoms with van der Waals surface area (Å²) in [5.41, 5.74) is 4.26. The summed E-state index contributed by atoms with van der Waals surface area (Å²) < 4.78 is 0. The Morgan fingerprint density at radius 2 is 0.857 bits per heavy atom. The Hall–Kier alpha value is -3.30. The molecule has 21 heavy (non-hydrogen) atoms. The summed E-state index contributed by atoms with van der Waals surface area (Å²) in [6.45, 7) is 0. The van der Waals surface area contributed by atoms with E-state index in [9.17, 15) is 14.4 Å². The summed E-state index contributed by atoms with van der Waals surface area (Å²) in [4.78, 5) is 47.1. The van der Waals surface area contributed by atoms with E-state index in [1.165, 1.54) is 0 Å². The number of nitrogens with zero attached hydrogens (tertiary/aromatic N) is 3. The predicted molar refractivity (Wildman–Crippen MR) is 71.6 cm³/mol. The molecular weight excluding hydrogens is 288 g/mol. The van der Waals surface area contributed by atoms with Gasteiger partial charge in [0.25, 0.3) is 0 Å². The molecule has 0 aliphatic rings. The first-order valence-corrected chi connectivity index (χ1v) is 5.07. The number of nitrogen functional groups attached to an aromatic ring is 3. The number of hydrogen-bond acceptors (Lipinski definition) is 12. The lowest BCUT2D eigenvalue weighted by Crippen LogP contribution is -2.34. The maximum atomic E-state index is 10.2. The van der Waals surface area contributed by atoms with Crippen molar-refractivity contribution in [1.29, 1.82) is 0 Å². The lowest BCUT2D eigenvalue weighted by atomic mass is 10.8. The van der Waals surface area contributed by atoms with Crippen LogP contribution in [0.15, 0.2) is 14.4 Å². The Kier molecular flexibility index (Phi) is 5.50. The number of H-pyrrole nitrogens is 3. The van der Waals surface area contributed by atoms with E-state index in [1.807, 2.05) is 0 Å². The molecule has 0 amide bonds. The summed E-state index contributed by atoms with van der Waals surface area (Å²) in [6.07, 6.45) is 0. The highest BCUT2D eigenvalue weighted by molar-refractivity contribution is 5.39. The van der Waals surface area contributed by atoms with Crippen LogP contribution in [0.4, 0.5) is 17.8 Å². The molecule has 0 bridgehead atoms. The Balaban J connectivity index is 0.000000219. The predicted octanol–water partition coefficient (Wildman–Crippen LogP) is -4.52. The van der Waals surface area contributed by atoms with E-state index in [2.05, 4.69) is 31.2 Å². The molecule has 0 saturated carbocycles.